The molecule has 0 aliphatic heterocycles. The smallest absolute Gasteiger partial charge is 0.107 e. The second-order valence-corrected chi connectivity index (χ2v) is 2.23. The molecule has 0 aliphatic rings. The first-order chi connectivity index (χ1) is 2.00. The molecular formula is H2AsF4I. The van der Waals surface area contributed by atoms with Crippen molar-refractivity contribution in [1.82, 2.24) is 0 Å². The van der Waals surface area contributed by atoms with Gasteiger partial charge in [0.15, 0.2) is 0 Å². The molecule has 0 atom stereocenters. The summed E-state index contributed by atoms with van der Waals surface area (Å²) >= 11 is -7.00. The molecule has 0 aromatic carbocycles. The first kappa shape index (κ1) is 10.1. The third-order valence-corrected chi connectivity index (χ3v) is 0. The van der Waals surface area contributed by atoms with Gasteiger partial charge in [-0.3, -0.25) is 0 Å². The molecule has 0 fully saturated rings. The van der Waals surface area contributed by atoms with E-state index in [0.717, 1.165) is 0 Å². The van der Waals surface area contributed by atoms with Crippen LogP contribution in [0.4, 0.5) is 13.9 Å². The van der Waals surface area contributed by atoms with Crippen molar-refractivity contribution in [3.8, 4) is 0 Å². The summed E-state index contributed by atoms with van der Waals surface area (Å²) in [6.07, 6.45) is 0. The van der Waals surface area contributed by atoms with Gasteiger partial charge in [0.1, 0.15) is 0 Å². The van der Waals surface area contributed by atoms with Gasteiger partial charge in [0.25, 0.3) is 0 Å². The van der Waals surface area contributed by atoms with Gasteiger partial charge in [-0.25, -0.2) is 0 Å². The molecule has 0 heterocycles. The van der Waals surface area contributed by atoms with Crippen molar-refractivity contribution < 1.29 is 13.9 Å². The van der Waals surface area contributed by atoms with Crippen LogP contribution >= 0.6 is 24.0 Å². The van der Waals surface area contributed by atoms with Gasteiger partial charge in [0.05, 0.1) is 0 Å². The molecule has 0 aromatic heterocycles. The standard InChI is InChI=1S/AsF4H.HI/c2-1(3,4)5;/h1H;1H. The van der Waals surface area contributed by atoms with Crippen LogP contribution < -0.4 is 0 Å². The van der Waals surface area contributed by atoms with E-state index in [0.29, 0.717) is 0 Å². The molecule has 0 spiro atoms. The summed E-state index contributed by atoms with van der Waals surface area (Å²) in [5.74, 6) is 0. The van der Waals surface area contributed by atoms with Crippen molar-refractivity contribution in [3.63, 3.8) is 0 Å². The molecule has 0 rings (SSSR count). The van der Waals surface area contributed by atoms with E-state index in [1.807, 2.05) is 0 Å². The largest absolute Gasteiger partial charge is 0.107 e. The Bertz CT molecular complexity index is 23.0. The zero-order chi connectivity index (χ0) is 4.50. The first-order valence-electron chi connectivity index (χ1n) is 0.756. The molecule has 0 N–H and O–H groups in total. The third-order valence-electron chi connectivity index (χ3n) is 0. The quantitative estimate of drug-likeness (QED) is 0.359. The SMILES string of the molecule is F[AsH](F)(F)F.I. The predicted octanol–water partition coefficient (Wildman–Crippen LogP) is 1.65. The summed E-state index contributed by atoms with van der Waals surface area (Å²) in [7, 11) is 0. The van der Waals surface area contributed by atoms with Gasteiger partial charge in [-0.15, -0.1) is 24.0 Å². The molecule has 6 heteroatoms. The fourth-order valence-corrected chi connectivity index (χ4v) is 0. The average molecular weight is 280 g/mol. The van der Waals surface area contributed by atoms with Crippen LogP contribution in [-0.2, 0) is 0 Å². The van der Waals surface area contributed by atoms with Gasteiger partial charge < -0.3 is 0 Å². The normalized spacial score (nSPS) is 12.7. The zero-order valence-corrected chi connectivity index (χ0v) is 6.85. The van der Waals surface area contributed by atoms with Crippen LogP contribution in [0.25, 0.3) is 0 Å². The molecule has 0 nitrogen and oxygen atoms in total. The molecule has 0 saturated carbocycles. The van der Waals surface area contributed by atoms with Gasteiger partial charge in [-0.1, -0.05) is 0 Å². The van der Waals surface area contributed by atoms with Crippen LogP contribution in [0.3, 0.4) is 0 Å². The minimum absolute atomic E-state index is 0. The molecule has 0 aromatic rings. The van der Waals surface area contributed by atoms with E-state index in [1.54, 1.807) is 0 Å². The minimum Gasteiger partial charge on any atom is -0.107 e. The van der Waals surface area contributed by atoms with Gasteiger partial charge in [0.2, 0.25) is 0 Å². The molecule has 0 radical (unpaired) electrons. The van der Waals surface area contributed by atoms with Gasteiger partial charge in [-0.05, 0) is 0 Å². The van der Waals surface area contributed by atoms with E-state index in [9.17, 15) is 13.9 Å². The Morgan fingerprint density at radius 2 is 0.833 bits per heavy atom. The van der Waals surface area contributed by atoms with E-state index in [4.69, 9.17) is 0 Å². The molecule has 0 unspecified atom stereocenters. The molecule has 6 heavy (non-hydrogen) atoms. The summed E-state index contributed by atoms with van der Waals surface area (Å²) in [6.45, 7) is 0. The van der Waals surface area contributed by atoms with Crippen molar-refractivity contribution in [2.24, 2.45) is 0 Å². The van der Waals surface area contributed by atoms with Crippen molar-refractivity contribution in [2.75, 3.05) is 0 Å². The van der Waals surface area contributed by atoms with Crippen LogP contribution in [0.5, 0.6) is 0 Å². The van der Waals surface area contributed by atoms with E-state index in [2.05, 4.69) is 0 Å². The maximum absolute atomic E-state index is 9.88. The second-order valence-electron chi connectivity index (χ2n) is 0.429. The summed E-state index contributed by atoms with van der Waals surface area (Å²) in [5, 5.41) is 0. The summed E-state index contributed by atoms with van der Waals surface area (Å²) in [4.78, 5) is 0. The van der Waals surface area contributed by atoms with Crippen LogP contribution in [0.2, 0.25) is 0 Å². The number of hydrogen-bond donors (Lipinski definition) is 0. The Labute approximate surface area is 53.4 Å². The fraction of sp³-hybridized carbons (Fsp3) is 0. The Balaban J connectivity index is 0. The van der Waals surface area contributed by atoms with E-state index in [-0.39, 0.29) is 24.0 Å². The Hall–Kier alpha value is 1.01. The first-order valence-corrected chi connectivity index (χ1v) is 3.93. The number of rotatable bonds is 0. The van der Waals surface area contributed by atoms with E-state index in [1.165, 1.54) is 0 Å². The van der Waals surface area contributed by atoms with E-state index >= 15 is 0 Å². The Morgan fingerprint density at radius 3 is 0.833 bits per heavy atom. The van der Waals surface area contributed by atoms with Crippen LogP contribution in [0.1, 0.15) is 0 Å². The zero-order valence-electron chi connectivity index (χ0n) is 2.42. The molecular weight excluding hydrogens is 278 g/mol. The van der Waals surface area contributed by atoms with Crippen LogP contribution in [0, 0.1) is 0 Å². The predicted molar refractivity (Wildman–Crippen MR) is 27.0 cm³/mol. The maximum Gasteiger partial charge on any atom is -0.107 e. The van der Waals surface area contributed by atoms with Gasteiger partial charge in [-0.2, -0.15) is 0 Å². The van der Waals surface area contributed by atoms with Crippen molar-refractivity contribution in [3.05, 3.63) is 0 Å². The van der Waals surface area contributed by atoms with Crippen molar-refractivity contribution >= 4 is 39.4 Å². The summed E-state index contributed by atoms with van der Waals surface area (Å²) < 4.78 is 39.5. The monoisotopic (exact) mass is 280 g/mol. The summed E-state index contributed by atoms with van der Waals surface area (Å²) in [6, 6.07) is 0. The molecule has 0 aliphatic carbocycles. The molecule has 0 bridgehead atoms. The minimum atomic E-state index is -7.00. The fourth-order valence-electron chi connectivity index (χ4n) is 0. The maximum atomic E-state index is 9.88. The number of halogens is 5. The second kappa shape index (κ2) is 3.07. The van der Waals surface area contributed by atoms with Crippen LogP contribution in [-0.4, -0.2) is 15.4 Å². The van der Waals surface area contributed by atoms with Crippen molar-refractivity contribution in [1.29, 1.82) is 0 Å². The molecule has 42 valence electrons. The summed E-state index contributed by atoms with van der Waals surface area (Å²) in [5.41, 5.74) is 0. The van der Waals surface area contributed by atoms with Crippen LogP contribution in [0.15, 0.2) is 0 Å². The Kier molecular flexibility index (Phi) is 5.16. The number of hydrogen-bond acceptors (Lipinski definition) is 0. The van der Waals surface area contributed by atoms with E-state index < -0.39 is 15.4 Å². The Morgan fingerprint density at radius 1 is 0.833 bits per heavy atom. The average Bonchev–Trinajstić information content (AvgIpc) is 0.722. The topological polar surface area (TPSA) is 0 Å². The van der Waals surface area contributed by atoms with Gasteiger partial charge in [0, 0.05) is 0 Å². The van der Waals surface area contributed by atoms with Gasteiger partial charge >= 0.3 is 29.3 Å². The van der Waals surface area contributed by atoms with Crippen molar-refractivity contribution in [2.45, 2.75) is 0 Å². The third kappa shape index (κ3) is 79.1. The molecule has 0 saturated heterocycles. The molecule has 0 amide bonds.